The number of aryl methyl sites for hydroxylation is 1. The molecule has 0 aliphatic carbocycles. The molecule has 0 saturated heterocycles. The van der Waals surface area contributed by atoms with Gasteiger partial charge in [-0.3, -0.25) is 12.9 Å². The Balaban J connectivity index is 0.000000397. The average molecular weight is 235 g/mol. The summed E-state index contributed by atoms with van der Waals surface area (Å²) >= 11 is 0. The topological polar surface area (TPSA) is 17.0 Å². The molecule has 1 aromatic heterocycles. The van der Waals surface area contributed by atoms with E-state index in [4.69, 9.17) is 4.52 Å². The van der Waals surface area contributed by atoms with Crippen molar-refractivity contribution in [2.45, 2.75) is 13.5 Å². The zero-order valence-electron chi connectivity index (χ0n) is 8.54. The number of para-hydroxylation sites is 1. The predicted octanol–water partition coefficient (Wildman–Crippen LogP) is -0.376. The van der Waals surface area contributed by atoms with Gasteiger partial charge in [-0.05, 0) is 23.8 Å². The van der Waals surface area contributed by atoms with E-state index < -0.39 is 7.54 Å². The van der Waals surface area contributed by atoms with E-state index in [0.29, 0.717) is 0 Å². The molecule has 0 aliphatic rings. The summed E-state index contributed by atoms with van der Waals surface area (Å²) in [4.78, 5) is 0. The molecular weight excluding hydrogens is 225 g/mol. The molecule has 0 saturated carbocycles. The van der Waals surface area contributed by atoms with Crippen molar-refractivity contribution in [2.24, 2.45) is 0 Å². The minimum absolute atomic E-state index is 0. The van der Waals surface area contributed by atoms with Crippen molar-refractivity contribution in [3.8, 4) is 0 Å². The van der Waals surface area contributed by atoms with Gasteiger partial charge in [0.2, 0.25) is 11.8 Å². The van der Waals surface area contributed by atoms with Gasteiger partial charge in [-0.2, -0.15) is 0 Å². The van der Waals surface area contributed by atoms with Gasteiger partial charge in [-0.1, -0.05) is 12.1 Å². The van der Waals surface area contributed by atoms with Crippen LogP contribution in [-0.2, 0) is 6.54 Å². The van der Waals surface area contributed by atoms with Crippen molar-refractivity contribution in [2.75, 3.05) is 0 Å². The molecule has 0 amide bonds. The first kappa shape index (κ1) is 14.5. The summed E-state index contributed by atoms with van der Waals surface area (Å²) in [5.74, 6) is 0. The Morgan fingerprint density at radius 2 is 1.81 bits per heavy atom. The normalized spacial score (nSPS) is 9.00. The molecule has 0 N–H and O–H groups in total. The average Bonchev–Trinajstić information content (AvgIpc) is 2.59. The van der Waals surface area contributed by atoms with Gasteiger partial charge in [0.1, 0.15) is 0 Å². The third-order valence-corrected chi connectivity index (χ3v) is 1.73. The number of nitrogens with zero attached hydrogens (tertiary/aromatic N) is 1. The Hall–Kier alpha value is -1.53. The molecule has 0 radical (unpaired) electrons. The highest BCUT2D eigenvalue weighted by Crippen LogP contribution is 2.09. The van der Waals surface area contributed by atoms with E-state index in [0.717, 1.165) is 17.5 Å². The van der Waals surface area contributed by atoms with Crippen LogP contribution in [0.2, 0.25) is 0 Å². The molecule has 7 heteroatoms. The summed E-state index contributed by atoms with van der Waals surface area (Å²) in [5.41, 5.74) is 0.953. The van der Waals surface area contributed by atoms with E-state index in [9.17, 15) is 12.9 Å². The smallest absolute Gasteiger partial charge is 0.762 e. The van der Waals surface area contributed by atoms with Crippen LogP contribution < -0.4 is 9.44 Å². The summed E-state index contributed by atoms with van der Waals surface area (Å²) in [7, 11) is -3.67. The van der Waals surface area contributed by atoms with Crippen molar-refractivity contribution >= 4 is 18.5 Å². The minimum Gasteiger partial charge on any atom is -1.00 e. The molecule has 0 bridgehead atoms. The van der Waals surface area contributed by atoms with Crippen LogP contribution in [0, 0.1) is 0 Å². The first-order chi connectivity index (χ1) is 7.13. The van der Waals surface area contributed by atoms with Crippen LogP contribution in [0.4, 0.5) is 12.9 Å². The maximum atomic E-state index is 9.67. The van der Waals surface area contributed by atoms with E-state index in [-0.39, 0.29) is 4.70 Å². The van der Waals surface area contributed by atoms with Crippen molar-refractivity contribution < 1.29 is 26.9 Å². The van der Waals surface area contributed by atoms with E-state index in [2.05, 4.69) is 6.92 Å². The molecule has 2 aromatic rings. The predicted molar refractivity (Wildman–Crippen MR) is 51.2 cm³/mol. The fourth-order valence-electron chi connectivity index (χ4n) is 1.13. The van der Waals surface area contributed by atoms with Gasteiger partial charge in [0.05, 0.1) is 5.39 Å². The number of benzene rings is 1. The first-order valence-electron chi connectivity index (χ1n) is 4.44. The second kappa shape index (κ2) is 6.87. The van der Waals surface area contributed by atoms with Gasteiger partial charge < -0.3 is 4.70 Å². The van der Waals surface area contributed by atoms with Gasteiger partial charge in [-0.15, -0.1) is 0 Å². The van der Waals surface area contributed by atoms with Crippen LogP contribution in [0.5, 0.6) is 0 Å². The van der Waals surface area contributed by atoms with E-state index in [1.54, 1.807) is 0 Å². The summed E-state index contributed by atoms with van der Waals surface area (Å²) in [6, 6.07) is 8.01. The third-order valence-electron chi connectivity index (χ3n) is 1.73. The minimum atomic E-state index is -3.67. The lowest BCUT2D eigenvalue weighted by atomic mass is 10.3. The molecule has 16 heavy (non-hydrogen) atoms. The number of halogens is 4. The van der Waals surface area contributed by atoms with E-state index in [1.165, 1.54) is 0 Å². The quantitative estimate of drug-likeness (QED) is 0.374. The molecule has 1 aromatic carbocycles. The summed E-state index contributed by atoms with van der Waals surface area (Å²) in [5, 5.41) is 1.16. The van der Waals surface area contributed by atoms with Crippen molar-refractivity contribution in [3.63, 3.8) is 0 Å². The lowest BCUT2D eigenvalue weighted by Crippen LogP contribution is -3.00. The number of hydrogen-bond acceptors (Lipinski definition) is 1. The SMILES string of the molecule is CC[n+]1cc2ccccc2o1.FB(F)F.[F-]. The van der Waals surface area contributed by atoms with Gasteiger partial charge in [0.15, 0.2) is 6.54 Å². The molecular formula is C9H10BF4NO. The molecule has 0 atom stereocenters. The summed E-state index contributed by atoms with van der Waals surface area (Å²) in [6.07, 6.45) is 2.01. The highest BCUT2D eigenvalue weighted by Gasteiger charge is 2.06. The second-order valence-corrected chi connectivity index (χ2v) is 2.74. The third kappa shape index (κ3) is 4.33. The van der Waals surface area contributed by atoms with Crippen LogP contribution in [0.1, 0.15) is 6.92 Å². The Kier molecular flexibility index (Phi) is 6.21. The van der Waals surface area contributed by atoms with Crippen LogP contribution in [-0.4, -0.2) is 7.54 Å². The lowest BCUT2D eigenvalue weighted by Gasteiger charge is -1.76. The number of aromatic nitrogens is 1. The Morgan fingerprint density at radius 1 is 1.25 bits per heavy atom. The largest absolute Gasteiger partial charge is 1.00 e. The molecule has 0 spiro atoms. The van der Waals surface area contributed by atoms with Crippen LogP contribution in [0.3, 0.4) is 0 Å². The molecule has 0 fully saturated rings. The zero-order chi connectivity index (χ0) is 11.3. The highest BCUT2D eigenvalue weighted by molar-refractivity contribution is 6.33. The molecule has 2 rings (SSSR count). The van der Waals surface area contributed by atoms with Crippen molar-refractivity contribution in [1.29, 1.82) is 0 Å². The summed E-state index contributed by atoms with van der Waals surface area (Å²) < 4.78 is 36.3. The highest BCUT2D eigenvalue weighted by atomic mass is 19.4. The van der Waals surface area contributed by atoms with Gasteiger partial charge >= 0.3 is 7.54 Å². The maximum Gasteiger partial charge on any atom is 0.762 e. The Labute approximate surface area is 90.2 Å². The lowest BCUT2D eigenvalue weighted by molar-refractivity contribution is -0.857. The number of fused-ring (bicyclic) bond motifs is 1. The standard InChI is InChI=1S/C9H10NO.BF3.FH/c1-2-10-7-8-5-3-4-6-9(8)11-10;2-1(3)4;/h3-7H,2H2,1H3;;1H/q+1;;/p-1. The summed E-state index contributed by atoms with van der Waals surface area (Å²) in [6.45, 7) is 2.94. The molecule has 2 nitrogen and oxygen atoms in total. The Morgan fingerprint density at radius 3 is 2.31 bits per heavy atom. The number of rotatable bonds is 1. The molecule has 0 unspecified atom stereocenters. The van der Waals surface area contributed by atoms with E-state index >= 15 is 0 Å². The van der Waals surface area contributed by atoms with E-state index in [1.807, 2.05) is 35.2 Å². The van der Waals surface area contributed by atoms with Crippen LogP contribution in [0.15, 0.2) is 35.0 Å². The fourth-order valence-corrected chi connectivity index (χ4v) is 1.13. The fraction of sp³-hybridized carbons (Fsp3) is 0.222. The van der Waals surface area contributed by atoms with Crippen molar-refractivity contribution in [3.05, 3.63) is 30.5 Å². The van der Waals surface area contributed by atoms with Crippen LogP contribution >= 0.6 is 0 Å². The molecule has 0 aliphatic heterocycles. The zero-order valence-corrected chi connectivity index (χ0v) is 8.54. The van der Waals surface area contributed by atoms with Gasteiger partial charge in [0.25, 0.3) is 0 Å². The number of hydrogen-bond donors (Lipinski definition) is 0. The van der Waals surface area contributed by atoms with Gasteiger partial charge in [-0.25, -0.2) is 4.52 Å². The molecule has 1 heterocycles. The van der Waals surface area contributed by atoms with Gasteiger partial charge in [0, 0.05) is 0 Å². The first-order valence-corrected chi connectivity index (χ1v) is 4.44. The second-order valence-electron chi connectivity index (χ2n) is 2.74. The van der Waals surface area contributed by atoms with Crippen LogP contribution in [0.25, 0.3) is 11.0 Å². The van der Waals surface area contributed by atoms with Crippen molar-refractivity contribution in [1.82, 2.24) is 0 Å². The monoisotopic (exact) mass is 235 g/mol. The Bertz CT molecular complexity index is 385. The maximum absolute atomic E-state index is 9.67. The molecule has 88 valence electrons.